The summed E-state index contributed by atoms with van der Waals surface area (Å²) >= 11 is 0. The summed E-state index contributed by atoms with van der Waals surface area (Å²) in [5, 5.41) is 3.61. The average molecular weight is 182 g/mol. The lowest BCUT2D eigenvalue weighted by molar-refractivity contribution is 0.139. The van der Waals surface area contributed by atoms with E-state index in [-0.39, 0.29) is 0 Å². The van der Waals surface area contributed by atoms with E-state index in [1.54, 1.807) is 0 Å². The third kappa shape index (κ3) is 2.44. The summed E-state index contributed by atoms with van der Waals surface area (Å²) in [7, 11) is 2.29. The summed E-state index contributed by atoms with van der Waals surface area (Å²) in [4.78, 5) is 2.56. The minimum absolute atomic E-state index is 0.777. The second kappa shape index (κ2) is 4.43. The fourth-order valence-corrected chi connectivity index (χ4v) is 2.40. The van der Waals surface area contributed by atoms with E-state index in [1.165, 1.54) is 51.6 Å². The second-order valence-corrected chi connectivity index (χ2v) is 4.67. The van der Waals surface area contributed by atoms with E-state index in [2.05, 4.69) is 17.3 Å². The minimum atomic E-state index is 0.777. The molecular weight excluding hydrogens is 160 g/mol. The van der Waals surface area contributed by atoms with E-state index in [4.69, 9.17) is 0 Å². The Bertz CT molecular complexity index is 148. The first-order valence-corrected chi connectivity index (χ1v) is 5.80. The van der Waals surface area contributed by atoms with Crippen LogP contribution in [0.4, 0.5) is 0 Å². The van der Waals surface area contributed by atoms with Gasteiger partial charge < -0.3 is 10.2 Å². The molecule has 1 saturated carbocycles. The van der Waals surface area contributed by atoms with Crippen molar-refractivity contribution in [3.63, 3.8) is 0 Å². The van der Waals surface area contributed by atoms with Gasteiger partial charge in [0.1, 0.15) is 0 Å². The Kier molecular flexibility index (Phi) is 3.23. The zero-order valence-electron chi connectivity index (χ0n) is 8.76. The molecule has 0 bridgehead atoms. The maximum absolute atomic E-state index is 3.61. The van der Waals surface area contributed by atoms with Gasteiger partial charge in [0, 0.05) is 18.6 Å². The molecule has 1 aliphatic carbocycles. The SMILES string of the molecule is CN(CC1CCCCN1)C1CCC1. The van der Waals surface area contributed by atoms with Crippen molar-refractivity contribution in [3.05, 3.63) is 0 Å². The molecule has 0 amide bonds. The van der Waals surface area contributed by atoms with Gasteiger partial charge in [-0.15, -0.1) is 0 Å². The first-order valence-electron chi connectivity index (χ1n) is 5.80. The predicted molar refractivity (Wildman–Crippen MR) is 55.9 cm³/mol. The molecule has 0 aromatic rings. The number of piperidine rings is 1. The molecule has 0 radical (unpaired) electrons. The lowest BCUT2D eigenvalue weighted by Gasteiger charge is -2.37. The molecule has 1 aliphatic heterocycles. The van der Waals surface area contributed by atoms with Crippen molar-refractivity contribution in [2.24, 2.45) is 0 Å². The van der Waals surface area contributed by atoms with Gasteiger partial charge in [-0.25, -0.2) is 0 Å². The van der Waals surface area contributed by atoms with Crippen LogP contribution >= 0.6 is 0 Å². The third-order valence-corrected chi connectivity index (χ3v) is 3.62. The van der Waals surface area contributed by atoms with E-state index in [9.17, 15) is 0 Å². The van der Waals surface area contributed by atoms with Gasteiger partial charge in [-0.2, -0.15) is 0 Å². The van der Waals surface area contributed by atoms with E-state index in [1.807, 2.05) is 0 Å². The molecule has 1 unspecified atom stereocenters. The second-order valence-electron chi connectivity index (χ2n) is 4.67. The molecule has 2 nitrogen and oxygen atoms in total. The Morgan fingerprint density at radius 1 is 1.15 bits per heavy atom. The number of likely N-dealkylation sites (N-methyl/N-ethyl adjacent to an activating group) is 1. The minimum Gasteiger partial charge on any atom is -0.313 e. The van der Waals surface area contributed by atoms with Gasteiger partial charge in [0.25, 0.3) is 0 Å². The third-order valence-electron chi connectivity index (χ3n) is 3.62. The quantitative estimate of drug-likeness (QED) is 0.713. The molecule has 1 atom stereocenters. The molecule has 13 heavy (non-hydrogen) atoms. The summed E-state index contributed by atoms with van der Waals surface area (Å²) in [5.41, 5.74) is 0. The Morgan fingerprint density at radius 2 is 2.00 bits per heavy atom. The number of hydrogen-bond acceptors (Lipinski definition) is 2. The molecule has 1 heterocycles. The van der Waals surface area contributed by atoms with E-state index >= 15 is 0 Å². The Hall–Kier alpha value is -0.0800. The van der Waals surface area contributed by atoms with Crippen molar-refractivity contribution in [1.82, 2.24) is 10.2 Å². The van der Waals surface area contributed by atoms with Gasteiger partial charge in [0.2, 0.25) is 0 Å². The van der Waals surface area contributed by atoms with Crippen molar-refractivity contribution in [2.45, 2.75) is 50.6 Å². The molecule has 2 fully saturated rings. The first-order chi connectivity index (χ1) is 6.36. The van der Waals surface area contributed by atoms with Crippen LogP contribution in [0.3, 0.4) is 0 Å². The molecule has 2 heteroatoms. The number of nitrogens with zero attached hydrogens (tertiary/aromatic N) is 1. The van der Waals surface area contributed by atoms with E-state index in [0.29, 0.717) is 0 Å². The summed E-state index contributed by atoms with van der Waals surface area (Å²) in [6.45, 7) is 2.51. The van der Waals surface area contributed by atoms with Crippen LogP contribution in [0.1, 0.15) is 38.5 Å². The Balaban J connectivity index is 1.69. The molecule has 1 saturated heterocycles. The standard InChI is InChI=1S/C11H22N2/c1-13(11-6-4-7-11)9-10-5-2-3-8-12-10/h10-12H,2-9H2,1H3. The topological polar surface area (TPSA) is 15.3 Å². The van der Waals surface area contributed by atoms with Crippen LogP contribution in [0.2, 0.25) is 0 Å². The highest BCUT2D eigenvalue weighted by atomic mass is 15.2. The molecule has 76 valence electrons. The van der Waals surface area contributed by atoms with Crippen molar-refractivity contribution in [3.8, 4) is 0 Å². The van der Waals surface area contributed by atoms with Crippen molar-refractivity contribution in [2.75, 3.05) is 20.1 Å². The first kappa shape index (κ1) is 9.47. The normalized spacial score (nSPS) is 30.5. The Morgan fingerprint density at radius 3 is 2.54 bits per heavy atom. The molecule has 0 aromatic heterocycles. The molecule has 1 N–H and O–H groups in total. The molecular formula is C11H22N2. The van der Waals surface area contributed by atoms with Crippen LogP contribution < -0.4 is 5.32 Å². The van der Waals surface area contributed by atoms with Crippen LogP contribution in [0, 0.1) is 0 Å². The summed E-state index contributed by atoms with van der Waals surface area (Å²) < 4.78 is 0. The van der Waals surface area contributed by atoms with Crippen LogP contribution in [-0.2, 0) is 0 Å². The highest BCUT2D eigenvalue weighted by molar-refractivity contribution is 4.82. The van der Waals surface area contributed by atoms with E-state index in [0.717, 1.165) is 12.1 Å². The number of hydrogen-bond donors (Lipinski definition) is 1. The highest BCUT2D eigenvalue weighted by Gasteiger charge is 2.24. The fraction of sp³-hybridized carbons (Fsp3) is 1.00. The van der Waals surface area contributed by atoms with Gasteiger partial charge in [0.05, 0.1) is 0 Å². The van der Waals surface area contributed by atoms with Crippen LogP contribution in [0.25, 0.3) is 0 Å². The molecule has 0 aromatic carbocycles. The van der Waals surface area contributed by atoms with E-state index < -0.39 is 0 Å². The zero-order valence-corrected chi connectivity index (χ0v) is 8.76. The summed E-state index contributed by atoms with van der Waals surface area (Å²) in [5.74, 6) is 0. The monoisotopic (exact) mass is 182 g/mol. The van der Waals surface area contributed by atoms with Gasteiger partial charge in [-0.05, 0) is 39.3 Å². The van der Waals surface area contributed by atoms with Gasteiger partial charge in [0.15, 0.2) is 0 Å². The van der Waals surface area contributed by atoms with Gasteiger partial charge in [-0.3, -0.25) is 0 Å². The smallest absolute Gasteiger partial charge is 0.0195 e. The fourth-order valence-electron chi connectivity index (χ4n) is 2.40. The maximum Gasteiger partial charge on any atom is 0.0195 e. The molecule has 2 aliphatic rings. The zero-order chi connectivity index (χ0) is 9.10. The summed E-state index contributed by atoms with van der Waals surface area (Å²) in [6.07, 6.45) is 8.51. The Labute approximate surface area is 81.7 Å². The average Bonchev–Trinajstić information content (AvgIpc) is 2.02. The van der Waals surface area contributed by atoms with Gasteiger partial charge >= 0.3 is 0 Å². The van der Waals surface area contributed by atoms with Crippen molar-refractivity contribution < 1.29 is 0 Å². The lowest BCUT2D eigenvalue weighted by atomic mass is 9.91. The largest absolute Gasteiger partial charge is 0.313 e. The van der Waals surface area contributed by atoms with Crippen molar-refractivity contribution >= 4 is 0 Å². The molecule has 0 spiro atoms. The molecule has 2 rings (SSSR count). The summed E-state index contributed by atoms with van der Waals surface area (Å²) in [6, 6.07) is 1.68. The predicted octanol–water partition coefficient (Wildman–Crippen LogP) is 1.61. The lowest BCUT2D eigenvalue weighted by Crippen LogP contribution is -2.47. The maximum atomic E-state index is 3.61. The van der Waals surface area contributed by atoms with Crippen molar-refractivity contribution in [1.29, 1.82) is 0 Å². The van der Waals surface area contributed by atoms with Crippen LogP contribution in [0.15, 0.2) is 0 Å². The van der Waals surface area contributed by atoms with Crippen LogP contribution in [0.5, 0.6) is 0 Å². The van der Waals surface area contributed by atoms with Gasteiger partial charge in [-0.1, -0.05) is 12.8 Å². The highest BCUT2D eigenvalue weighted by Crippen LogP contribution is 2.24. The van der Waals surface area contributed by atoms with Crippen LogP contribution in [-0.4, -0.2) is 37.1 Å². The number of rotatable bonds is 3. The number of nitrogens with one attached hydrogen (secondary N) is 1.